The molecule has 0 aromatic heterocycles. The van der Waals surface area contributed by atoms with Gasteiger partial charge in [-0.3, -0.25) is 9.59 Å². The van der Waals surface area contributed by atoms with Crippen molar-refractivity contribution in [1.29, 1.82) is 0 Å². The predicted octanol–water partition coefficient (Wildman–Crippen LogP) is 3.28. The summed E-state index contributed by atoms with van der Waals surface area (Å²) in [6.45, 7) is 0. The van der Waals surface area contributed by atoms with Crippen LogP contribution in [-0.4, -0.2) is 31.2 Å². The standard InChI is InChI=1S/C21H22FNO5/c1-27-18-8-5-13(9-19(18)28-2)17(11-20(24)25)23-21(26)16-10-15(16)12-3-6-14(22)7-4-12/h3-9,15-17H,10-11H2,1-2H3,(H,23,26)(H,24,25). The summed E-state index contributed by atoms with van der Waals surface area (Å²) < 4.78 is 23.5. The van der Waals surface area contributed by atoms with E-state index in [0.29, 0.717) is 23.5 Å². The second-order valence-electron chi connectivity index (χ2n) is 6.77. The Morgan fingerprint density at radius 3 is 2.43 bits per heavy atom. The van der Waals surface area contributed by atoms with E-state index in [4.69, 9.17) is 9.47 Å². The number of hydrogen-bond donors (Lipinski definition) is 2. The van der Waals surface area contributed by atoms with Crippen LogP contribution in [0.1, 0.15) is 35.9 Å². The molecule has 2 N–H and O–H groups in total. The van der Waals surface area contributed by atoms with E-state index in [0.717, 1.165) is 5.56 Å². The van der Waals surface area contributed by atoms with E-state index in [2.05, 4.69) is 5.32 Å². The summed E-state index contributed by atoms with van der Waals surface area (Å²) in [5.41, 5.74) is 1.52. The molecule has 0 saturated heterocycles. The number of halogens is 1. The van der Waals surface area contributed by atoms with E-state index in [9.17, 15) is 19.1 Å². The van der Waals surface area contributed by atoms with Crippen LogP contribution in [0.15, 0.2) is 42.5 Å². The van der Waals surface area contributed by atoms with Crippen molar-refractivity contribution in [2.24, 2.45) is 5.92 Å². The zero-order valence-corrected chi connectivity index (χ0v) is 15.6. The zero-order chi connectivity index (χ0) is 20.3. The molecule has 1 aliphatic carbocycles. The molecule has 1 saturated carbocycles. The van der Waals surface area contributed by atoms with Gasteiger partial charge in [0, 0.05) is 5.92 Å². The summed E-state index contributed by atoms with van der Waals surface area (Å²) in [6.07, 6.45) is 0.401. The largest absolute Gasteiger partial charge is 0.493 e. The number of carboxylic acid groups (broad SMARTS) is 1. The van der Waals surface area contributed by atoms with Gasteiger partial charge in [-0.15, -0.1) is 0 Å². The van der Waals surface area contributed by atoms with Gasteiger partial charge in [-0.05, 0) is 47.7 Å². The van der Waals surface area contributed by atoms with Gasteiger partial charge in [0.25, 0.3) is 0 Å². The minimum atomic E-state index is -1.02. The third-order valence-electron chi connectivity index (χ3n) is 4.93. The summed E-state index contributed by atoms with van der Waals surface area (Å²) in [6, 6.07) is 10.5. The van der Waals surface area contributed by atoms with Crippen LogP contribution in [0, 0.1) is 11.7 Å². The quantitative estimate of drug-likeness (QED) is 0.726. The lowest BCUT2D eigenvalue weighted by Gasteiger charge is -2.19. The van der Waals surface area contributed by atoms with Gasteiger partial charge < -0.3 is 19.9 Å². The number of carbonyl (C=O) groups excluding carboxylic acids is 1. The Kier molecular flexibility index (Phi) is 5.82. The average Bonchev–Trinajstić information content (AvgIpc) is 3.48. The number of rotatable bonds is 8. The molecule has 3 rings (SSSR count). The van der Waals surface area contributed by atoms with E-state index in [1.807, 2.05) is 0 Å². The van der Waals surface area contributed by atoms with Crippen LogP contribution in [0.25, 0.3) is 0 Å². The molecule has 0 heterocycles. The van der Waals surface area contributed by atoms with E-state index < -0.39 is 12.0 Å². The molecule has 6 nitrogen and oxygen atoms in total. The van der Waals surface area contributed by atoms with Gasteiger partial charge in [-0.25, -0.2) is 4.39 Å². The summed E-state index contributed by atoms with van der Waals surface area (Å²) in [7, 11) is 3.00. The SMILES string of the molecule is COc1ccc(C(CC(=O)O)NC(=O)C2CC2c2ccc(F)cc2)cc1OC. The lowest BCUT2D eigenvalue weighted by Crippen LogP contribution is -2.31. The second kappa shape index (κ2) is 8.29. The molecule has 0 radical (unpaired) electrons. The number of ether oxygens (including phenoxy) is 2. The third kappa shape index (κ3) is 4.42. The van der Waals surface area contributed by atoms with Crippen molar-refractivity contribution in [1.82, 2.24) is 5.32 Å². The molecule has 3 unspecified atom stereocenters. The molecule has 3 atom stereocenters. The fourth-order valence-corrected chi connectivity index (χ4v) is 3.34. The van der Waals surface area contributed by atoms with Gasteiger partial charge in [0.05, 0.1) is 26.7 Å². The number of amides is 1. The van der Waals surface area contributed by atoms with Gasteiger partial charge in [-0.1, -0.05) is 18.2 Å². The average molecular weight is 387 g/mol. The maximum Gasteiger partial charge on any atom is 0.305 e. The van der Waals surface area contributed by atoms with Crippen LogP contribution < -0.4 is 14.8 Å². The highest BCUT2D eigenvalue weighted by Gasteiger charge is 2.44. The molecular formula is C21H22FNO5. The van der Waals surface area contributed by atoms with E-state index in [1.165, 1.54) is 26.4 Å². The van der Waals surface area contributed by atoms with Crippen LogP contribution in [0.5, 0.6) is 11.5 Å². The maximum atomic E-state index is 13.1. The molecular weight excluding hydrogens is 365 g/mol. The fraction of sp³-hybridized carbons (Fsp3) is 0.333. The van der Waals surface area contributed by atoms with Crippen LogP contribution in [-0.2, 0) is 9.59 Å². The van der Waals surface area contributed by atoms with Crippen molar-refractivity contribution in [3.8, 4) is 11.5 Å². The first-order valence-electron chi connectivity index (χ1n) is 8.92. The third-order valence-corrected chi connectivity index (χ3v) is 4.93. The minimum Gasteiger partial charge on any atom is -0.493 e. The number of benzene rings is 2. The van der Waals surface area contributed by atoms with Crippen molar-refractivity contribution in [2.45, 2.75) is 24.8 Å². The fourth-order valence-electron chi connectivity index (χ4n) is 3.34. The second-order valence-corrected chi connectivity index (χ2v) is 6.77. The Morgan fingerprint density at radius 1 is 1.14 bits per heavy atom. The topological polar surface area (TPSA) is 84.9 Å². The van der Waals surface area contributed by atoms with Crippen LogP contribution in [0.3, 0.4) is 0 Å². The molecule has 2 aromatic carbocycles. The van der Waals surface area contributed by atoms with Crippen molar-refractivity contribution >= 4 is 11.9 Å². The van der Waals surface area contributed by atoms with Crippen LogP contribution in [0.2, 0.25) is 0 Å². The van der Waals surface area contributed by atoms with Crippen molar-refractivity contribution in [3.63, 3.8) is 0 Å². The highest BCUT2D eigenvalue weighted by atomic mass is 19.1. The molecule has 148 valence electrons. The lowest BCUT2D eigenvalue weighted by molar-refractivity contribution is -0.137. The van der Waals surface area contributed by atoms with Gasteiger partial charge in [0.1, 0.15) is 5.82 Å². The first kappa shape index (κ1) is 19.7. The predicted molar refractivity (Wildman–Crippen MR) is 99.9 cm³/mol. The molecule has 7 heteroatoms. The number of hydrogen-bond acceptors (Lipinski definition) is 4. The van der Waals surface area contributed by atoms with Gasteiger partial charge in [0.2, 0.25) is 5.91 Å². The Balaban J connectivity index is 1.73. The molecule has 0 aliphatic heterocycles. The van der Waals surface area contributed by atoms with Crippen molar-refractivity contribution in [2.75, 3.05) is 14.2 Å². The number of carboxylic acids is 1. The Bertz CT molecular complexity index is 868. The Labute approximate surface area is 162 Å². The molecule has 1 aliphatic rings. The van der Waals surface area contributed by atoms with Crippen molar-refractivity contribution in [3.05, 3.63) is 59.4 Å². The van der Waals surface area contributed by atoms with Gasteiger partial charge in [0.15, 0.2) is 11.5 Å². The summed E-state index contributed by atoms with van der Waals surface area (Å²) in [5, 5.41) is 12.1. The van der Waals surface area contributed by atoms with Crippen LogP contribution >= 0.6 is 0 Å². The monoisotopic (exact) mass is 387 g/mol. The summed E-state index contributed by atoms with van der Waals surface area (Å²) >= 11 is 0. The van der Waals surface area contributed by atoms with Gasteiger partial charge >= 0.3 is 5.97 Å². The normalized spacial score (nSPS) is 18.8. The highest BCUT2D eigenvalue weighted by Crippen LogP contribution is 2.48. The molecule has 0 spiro atoms. The van der Waals surface area contributed by atoms with Crippen LogP contribution in [0.4, 0.5) is 4.39 Å². The zero-order valence-electron chi connectivity index (χ0n) is 15.6. The number of nitrogens with one attached hydrogen (secondary N) is 1. The first-order valence-corrected chi connectivity index (χ1v) is 8.92. The molecule has 1 amide bonds. The summed E-state index contributed by atoms with van der Waals surface area (Å²) in [5.74, 6) is -0.800. The molecule has 2 aromatic rings. The van der Waals surface area contributed by atoms with Gasteiger partial charge in [-0.2, -0.15) is 0 Å². The van der Waals surface area contributed by atoms with E-state index >= 15 is 0 Å². The lowest BCUT2D eigenvalue weighted by atomic mass is 10.0. The van der Waals surface area contributed by atoms with E-state index in [1.54, 1.807) is 30.3 Å². The Hall–Kier alpha value is -3.09. The number of methoxy groups -OCH3 is 2. The van der Waals surface area contributed by atoms with Crippen molar-refractivity contribution < 1.29 is 28.6 Å². The molecule has 0 bridgehead atoms. The number of aliphatic carboxylic acids is 1. The summed E-state index contributed by atoms with van der Waals surface area (Å²) in [4.78, 5) is 24.0. The first-order chi connectivity index (χ1) is 13.4. The maximum absolute atomic E-state index is 13.1. The van der Waals surface area contributed by atoms with E-state index in [-0.39, 0.29) is 30.0 Å². The minimum absolute atomic E-state index is 0.0245. The molecule has 1 fully saturated rings. The Morgan fingerprint density at radius 2 is 1.82 bits per heavy atom. The molecule has 28 heavy (non-hydrogen) atoms. The smallest absolute Gasteiger partial charge is 0.305 e. The highest BCUT2D eigenvalue weighted by molar-refractivity contribution is 5.84. The number of carbonyl (C=O) groups is 2.